The first kappa shape index (κ1) is 29.4. The second kappa shape index (κ2) is 9.49. The first-order chi connectivity index (χ1) is 12.8. The van der Waals surface area contributed by atoms with E-state index in [1.165, 1.54) is 24.3 Å². The summed E-state index contributed by atoms with van der Waals surface area (Å²) in [6.45, 7) is 0. The number of carbonyl (C=O) groups is 1. The molecule has 0 bridgehead atoms. The van der Waals surface area contributed by atoms with Crippen LogP contribution < -0.4 is 5.63 Å². The van der Waals surface area contributed by atoms with Gasteiger partial charge in [-0.15, -0.1) is 0 Å². The van der Waals surface area contributed by atoms with Crippen LogP contribution >= 0.6 is 0 Å². The monoisotopic (exact) mass is 597 g/mol. The molecule has 0 amide bonds. The van der Waals surface area contributed by atoms with E-state index in [0.29, 0.717) is 5.39 Å². The molecule has 14 heteroatoms. The van der Waals surface area contributed by atoms with Crippen molar-refractivity contribution < 1.29 is 105 Å². The van der Waals surface area contributed by atoms with Crippen LogP contribution in [0.25, 0.3) is 21.7 Å². The third-order valence-corrected chi connectivity index (χ3v) is 4.03. The molecule has 6 nitrogen and oxygen atoms in total. The molecule has 1 heterocycles. The van der Waals surface area contributed by atoms with Crippen molar-refractivity contribution in [3.05, 3.63) is 52.4 Å². The standard InChI is InChI=1S/C17H7F7O4.Eu.2H2O/c18-15(19,16(20,21)17(22,23)24)13(26)11-12(25)10-8-4-2-1-3-7(8)5-6-9(10)28-14(11)27;;;/h1-6,25H;;2*1H2. The molecule has 0 aliphatic heterocycles. The number of ketones is 1. The quantitative estimate of drug-likeness (QED) is 0.216. The normalized spacial score (nSPS) is 12.0. The molecule has 2 aromatic carbocycles. The number of benzene rings is 2. The Balaban J connectivity index is 0.00000300. The minimum absolute atomic E-state index is 0. The summed E-state index contributed by atoms with van der Waals surface area (Å²) in [6, 6.07) is 8.35. The maximum absolute atomic E-state index is 13.7. The van der Waals surface area contributed by atoms with E-state index in [0.717, 1.165) is 6.07 Å². The van der Waals surface area contributed by atoms with Crippen molar-refractivity contribution in [2.75, 3.05) is 0 Å². The van der Waals surface area contributed by atoms with Gasteiger partial charge in [0.25, 0.3) is 0 Å². The van der Waals surface area contributed by atoms with Crippen LogP contribution in [0, 0.1) is 49.4 Å². The van der Waals surface area contributed by atoms with E-state index in [4.69, 9.17) is 0 Å². The van der Waals surface area contributed by atoms with E-state index >= 15 is 0 Å². The van der Waals surface area contributed by atoms with Gasteiger partial charge in [-0.3, -0.25) is 4.79 Å². The molecule has 3 aromatic rings. The van der Waals surface area contributed by atoms with Crippen molar-refractivity contribution in [2.24, 2.45) is 0 Å². The van der Waals surface area contributed by atoms with E-state index in [-0.39, 0.29) is 71.3 Å². The van der Waals surface area contributed by atoms with E-state index in [1.807, 2.05) is 0 Å². The zero-order chi connectivity index (χ0) is 21.1. The summed E-state index contributed by atoms with van der Waals surface area (Å²) >= 11 is 0. The predicted octanol–water partition coefficient (Wildman–Crippen LogP) is 3.02. The molecule has 171 valence electrons. The van der Waals surface area contributed by atoms with Crippen LogP contribution in [0.1, 0.15) is 10.4 Å². The molecular formula is C17H11EuF7O6. The van der Waals surface area contributed by atoms with Gasteiger partial charge in [0.1, 0.15) is 11.3 Å². The summed E-state index contributed by atoms with van der Waals surface area (Å²) in [5, 5.41) is 10.2. The van der Waals surface area contributed by atoms with Crippen molar-refractivity contribution in [3.63, 3.8) is 0 Å². The van der Waals surface area contributed by atoms with Crippen LogP contribution in [-0.2, 0) is 0 Å². The molecule has 5 N–H and O–H groups in total. The van der Waals surface area contributed by atoms with E-state index in [9.17, 15) is 45.4 Å². The molecular weight excluding hydrogens is 585 g/mol. The number of hydrogen-bond donors (Lipinski definition) is 1. The molecule has 0 aliphatic carbocycles. The molecule has 0 unspecified atom stereocenters. The van der Waals surface area contributed by atoms with Gasteiger partial charge in [0.2, 0.25) is 5.78 Å². The largest absolute Gasteiger partial charge is 0.506 e. The third kappa shape index (κ3) is 4.49. The second-order valence-electron chi connectivity index (χ2n) is 5.75. The Kier molecular flexibility index (Phi) is 9.00. The number of fused-ring (bicyclic) bond motifs is 3. The zero-order valence-electron chi connectivity index (χ0n) is 14.7. The second-order valence-corrected chi connectivity index (χ2v) is 5.75. The maximum atomic E-state index is 13.7. The third-order valence-electron chi connectivity index (χ3n) is 4.03. The van der Waals surface area contributed by atoms with Gasteiger partial charge in [-0.25, -0.2) is 4.79 Å². The summed E-state index contributed by atoms with van der Waals surface area (Å²) in [4.78, 5) is 23.7. The fourth-order valence-electron chi connectivity index (χ4n) is 2.63. The number of halogens is 7. The Bertz CT molecular complexity index is 1170. The Labute approximate surface area is 207 Å². The van der Waals surface area contributed by atoms with Gasteiger partial charge in [0.15, 0.2) is 5.56 Å². The van der Waals surface area contributed by atoms with Crippen LogP contribution in [0.3, 0.4) is 0 Å². The summed E-state index contributed by atoms with van der Waals surface area (Å²) in [5.41, 5.74) is -4.37. The van der Waals surface area contributed by atoms with Crippen molar-refractivity contribution in [3.8, 4) is 5.75 Å². The minimum atomic E-state index is -6.79. The van der Waals surface area contributed by atoms with Gasteiger partial charge < -0.3 is 20.5 Å². The number of aromatic hydroxyl groups is 1. The maximum Gasteiger partial charge on any atom is 0.460 e. The zero-order valence-corrected chi connectivity index (χ0v) is 17.1. The smallest absolute Gasteiger partial charge is 0.460 e. The molecule has 0 fully saturated rings. The van der Waals surface area contributed by atoms with Crippen molar-refractivity contribution in [1.29, 1.82) is 0 Å². The van der Waals surface area contributed by atoms with Crippen LogP contribution in [0.2, 0.25) is 0 Å². The van der Waals surface area contributed by atoms with Gasteiger partial charge in [-0.05, 0) is 16.8 Å². The van der Waals surface area contributed by atoms with Crippen LogP contribution in [0.15, 0.2) is 45.6 Å². The molecule has 3 rings (SSSR count). The minimum Gasteiger partial charge on any atom is -0.506 e. The number of alkyl halides is 7. The SMILES string of the molecule is O.O.O=C(c1c(O)c2c(ccc3ccccc32)oc1=O)C(F)(F)C(F)(F)C(F)(F)F.[Eu]. The topological polar surface area (TPSA) is 131 Å². The molecule has 0 atom stereocenters. The number of carbonyl (C=O) groups excluding carboxylic acids is 1. The summed E-state index contributed by atoms with van der Waals surface area (Å²) in [7, 11) is 0. The van der Waals surface area contributed by atoms with Gasteiger partial charge >= 0.3 is 23.6 Å². The number of hydrogen-bond acceptors (Lipinski definition) is 4. The summed E-state index contributed by atoms with van der Waals surface area (Å²) < 4.78 is 95.4. The summed E-state index contributed by atoms with van der Waals surface area (Å²) in [6.07, 6.45) is -6.79. The van der Waals surface area contributed by atoms with Crippen LogP contribution in [0.5, 0.6) is 5.75 Å². The molecule has 0 saturated heterocycles. The molecule has 1 radical (unpaired) electrons. The fraction of sp³-hybridized carbons (Fsp3) is 0.176. The molecule has 0 aliphatic rings. The Morgan fingerprint density at radius 2 is 1.45 bits per heavy atom. The van der Waals surface area contributed by atoms with Gasteiger partial charge in [-0.1, -0.05) is 30.3 Å². The molecule has 0 saturated carbocycles. The van der Waals surface area contributed by atoms with E-state index in [2.05, 4.69) is 4.42 Å². The Morgan fingerprint density at radius 3 is 2.00 bits per heavy atom. The molecule has 0 spiro atoms. The average Bonchev–Trinajstić information content (AvgIpc) is 2.59. The molecule has 31 heavy (non-hydrogen) atoms. The van der Waals surface area contributed by atoms with Crippen LogP contribution in [0.4, 0.5) is 30.7 Å². The molecule has 1 aromatic heterocycles. The van der Waals surface area contributed by atoms with Gasteiger partial charge in [0, 0.05) is 49.4 Å². The van der Waals surface area contributed by atoms with Gasteiger partial charge in [0.05, 0.1) is 5.39 Å². The van der Waals surface area contributed by atoms with Crippen LogP contribution in [-0.4, -0.2) is 39.9 Å². The predicted molar refractivity (Wildman–Crippen MR) is 89.2 cm³/mol. The fourth-order valence-corrected chi connectivity index (χ4v) is 2.63. The van der Waals surface area contributed by atoms with Crippen molar-refractivity contribution >= 4 is 27.5 Å². The number of rotatable bonds is 3. The first-order valence-corrected chi connectivity index (χ1v) is 7.35. The Hall–Kier alpha value is -1.61. The summed E-state index contributed by atoms with van der Waals surface area (Å²) in [5.74, 6) is -17.8. The van der Waals surface area contributed by atoms with Gasteiger partial charge in [-0.2, -0.15) is 30.7 Å². The van der Waals surface area contributed by atoms with E-state index in [1.54, 1.807) is 6.07 Å². The van der Waals surface area contributed by atoms with Crippen molar-refractivity contribution in [1.82, 2.24) is 0 Å². The Morgan fingerprint density at radius 1 is 0.903 bits per heavy atom. The average molecular weight is 596 g/mol. The first-order valence-electron chi connectivity index (χ1n) is 7.35. The van der Waals surface area contributed by atoms with E-state index < -0.39 is 46.1 Å². The van der Waals surface area contributed by atoms with Crippen molar-refractivity contribution in [2.45, 2.75) is 18.0 Å². The number of Topliss-reactive ketones (excluding diaryl/α,β-unsaturated/α-hetero) is 1.